The summed E-state index contributed by atoms with van der Waals surface area (Å²) in [5, 5.41) is 0. The summed E-state index contributed by atoms with van der Waals surface area (Å²) in [6.07, 6.45) is 0.949. The summed E-state index contributed by atoms with van der Waals surface area (Å²) in [7, 11) is -5.68. The minimum absolute atomic E-state index is 0.214. The molecular weight excluding hydrogens is 384 g/mol. The van der Waals surface area contributed by atoms with Crippen LogP contribution < -0.4 is 4.74 Å². The number of hydrogen-bond donors (Lipinski definition) is 0. The van der Waals surface area contributed by atoms with E-state index < -0.39 is 42.7 Å². The van der Waals surface area contributed by atoms with Gasteiger partial charge in [-0.1, -0.05) is 0 Å². The van der Waals surface area contributed by atoms with Gasteiger partial charge in [0.15, 0.2) is 15.6 Å². The minimum Gasteiger partial charge on any atom is -0.496 e. The van der Waals surface area contributed by atoms with Crippen molar-refractivity contribution in [2.75, 3.05) is 30.6 Å². The van der Waals surface area contributed by atoms with Crippen LogP contribution in [0.5, 0.6) is 5.75 Å². The Hall–Kier alpha value is -0.930. The van der Waals surface area contributed by atoms with E-state index in [2.05, 4.69) is 15.9 Å². The Bertz CT molecular complexity index is 737. The van der Waals surface area contributed by atoms with Crippen LogP contribution in [0.15, 0.2) is 22.7 Å². The van der Waals surface area contributed by atoms with Gasteiger partial charge in [0.1, 0.15) is 21.3 Å². The standard InChI is InChI=1S/C12H15BrO6S2/c1-19-12-4-3-9(7-10(12)13)11(14)8-21(17,18)6-5-20(2,15)16/h3-4,7H,5-6,8H2,1-2H3. The van der Waals surface area contributed by atoms with Crippen molar-refractivity contribution in [3.63, 3.8) is 0 Å². The van der Waals surface area contributed by atoms with E-state index in [4.69, 9.17) is 4.74 Å². The van der Waals surface area contributed by atoms with Gasteiger partial charge in [0.05, 0.1) is 23.1 Å². The molecule has 0 atom stereocenters. The summed E-state index contributed by atoms with van der Waals surface area (Å²) < 4.78 is 51.0. The SMILES string of the molecule is COc1ccc(C(=O)CS(=O)(=O)CCS(C)(=O)=O)cc1Br. The molecule has 1 rings (SSSR count). The van der Waals surface area contributed by atoms with Crippen molar-refractivity contribution in [2.24, 2.45) is 0 Å². The van der Waals surface area contributed by atoms with Crippen LogP contribution in [-0.2, 0) is 19.7 Å². The highest BCUT2D eigenvalue weighted by atomic mass is 79.9. The first-order valence-electron chi connectivity index (χ1n) is 5.79. The van der Waals surface area contributed by atoms with Crippen LogP contribution >= 0.6 is 15.9 Å². The number of ketones is 1. The molecule has 0 N–H and O–H groups in total. The molecule has 1 aromatic carbocycles. The normalized spacial score (nSPS) is 12.1. The Balaban J connectivity index is 2.83. The molecule has 21 heavy (non-hydrogen) atoms. The third-order valence-corrected chi connectivity index (χ3v) is 5.94. The van der Waals surface area contributed by atoms with E-state index in [0.717, 1.165) is 6.26 Å². The van der Waals surface area contributed by atoms with Crippen molar-refractivity contribution in [3.05, 3.63) is 28.2 Å². The Kier molecular flexibility index (Phi) is 5.94. The van der Waals surface area contributed by atoms with Crippen molar-refractivity contribution >= 4 is 41.4 Å². The zero-order chi connectivity index (χ0) is 16.3. The molecule has 0 bridgehead atoms. The predicted molar refractivity (Wildman–Crippen MR) is 83.4 cm³/mol. The highest BCUT2D eigenvalue weighted by Gasteiger charge is 2.20. The minimum atomic E-state index is -3.77. The highest BCUT2D eigenvalue weighted by Crippen LogP contribution is 2.25. The topological polar surface area (TPSA) is 94.6 Å². The molecule has 0 aliphatic heterocycles. The smallest absolute Gasteiger partial charge is 0.177 e. The molecular formula is C12H15BrO6S2. The number of benzene rings is 1. The van der Waals surface area contributed by atoms with Crippen LogP contribution in [0.3, 0.4) is 0 Å². The summed E-state index contributed by atoms with van der Waals surface area (Å²) in [4.78, 5) is 11.9. The monoisotopic (exact) mass is 398 g/mol. The Morgan fingerprint density at radius 3 is 2.29 bits per heavy atom. The van der Waals surface area contributed by atoms with Crippen molar-refractivity contribution in [1.82, 2.24) is 0 Å². The second-order valence-electron chi connectivity index (χ2n) is 4.49. The van der Waals surface area contributed by atoms with Crippen LogP contribution in [-0.4, -0.2) is 53.2 Å². The second kappa shape index (κ2) is 6.89. The molecule has 0 heterocycles. The van der Waals surface area contributed by atoms with Gasteiger partial charge in [0, 0.05) is 11.8 Å². The van der Waals surface area contributed by atoms with Crippen molar-refractivity contribution in [2.45, 2.75) is 0 Å². The maximum Gasteiger partial charge on any atom is 0.177 e. The maximum atomic E-state index is 11.9. The molecule has 0 spiro atoms. The fourth-order valence-electron chi connectivity index (χ4n) is 1.47. The van der Waals surface area contributed by atoms with Crippen molar-refractivity contribution in [1.29, 1.82) is 0 Å². The number of rotatable bonds is 7. The molecule has 1 aromatic rings. The van der Waals surface area contributed by atoms with Gasteiger partial charge in [-0.15, -0.1) is 0 Å². The highest BCUT2D eigenvalue weighted by molar-refractivity contribution is 9.10. The maximum absolute atomic E-state index is 11.9. The van der Waals surface area contributed by atoms with Gasteiger partial charge in [-0.2, -0.15) is 0 Å². The lowest BCUT2D eigenvalue weighted by Crippen LogP contribution is -2.23. The fourth-order valence-corrected chi connectivity index (χ4v) is 4.95. The third-order valence-electron chi connectivity index (χ3n) is 2.59. The van der Waals surface area contributed by atoms with Crippen LogP contribution in [0.1, 0.15) is 10.4 Å². The van der Waals surface area contributed by atoms with Crippen LogP contribution in [0, 0.1) is 0 Å². The molecule has 0 unspecified atom stereocenters. The number of sulfone groups is 2. The fraction of sp³-hybridized carbons (Fsp3) is 0.417. The van der Waals surface area contributed by atoms with Crippen molar-refractivity contribution in [3.8, 4) is 5.75 Å². The number of methoxy groups -OCH3 is 1. The number of carbonyl (C=O) groups excluding carboxylic acids is 1. The summed E-state index contributed by atoms with van der Waals surface area (Å²) in [6.45, 7) is 0. The lowest BCUT2D eigenvalue weighted by atomic mass is 10.1. The van der Waals surface area contributed by atoms with E-state index in [1.807, 2.05) is 0 Å². The van der Waals surface area contributed by atoms with Crippen molar-refractivity contribution < 1.29 is 26.4 Å². The average molecular weight is 399 g/mol. The number of Topliss-reactive ketones (excluding diaryl/α,β-unsaturated/α-hetero) is 1. The number of carbonyl (C=O) groups is 1. The van der Waals surface area contributed by atoms with E-state index in [1.165, 1.54) is 19.2 Å². The first-order chi connectivity index (χ1) is 9.54. The molecule has 0 saturated carbocycles. The van der Waals surface area contributed by atoms with E-state index in [-0.39, 0.29) is 5.56 Å². The van der Waals surface area contributed by atoms with E-state index >= 15 is 0 Å². The first-order valence-corrected chi connectivity index (χ1v) is 10.5. The molecule has 0 amide bonds. The van der Waals surface area contributed by atoms with Gasteiger partial charge in [0.2, 0.25) is 0 Å². The zero-order valence-corrected chi connectivity index (χ0v) is 14.7. The second-order valence-corrected chi connectivity index (χ2v) is 9.79. The molecule has 0 saturated heterocycles. The summed E-state index contributed by atoms with van der Waals surface area (Å²) in [6, 6.07) is 4.46. The lowest BCUT2D eigenvalue weighted by Gasteiger charge is -2.06. The van der Waals surface area contributed by atoms with Gasteiger partial charge in [0.25, 0.3) is 0 Å². The molecule has 6 nitrogen and oxygen atoms in total. The summed E-state index contributed by atoms with van der Waals surface area (Å²) in [5.41, 5.74) is 0.214. The summed E-state index contributed by atoms with van der Waals surface area (Å²) >= 11 is 3.21. The molecule has 0 aliphatic rings. The number of ether oxygens (including phenoxy) is 1. The quantitative estimate of drug-likeness (QED) is 0.638. The number of halogens is 1. The number of hydrogen-bond acceptors (Lipinski definition) is 6. The van der Waals surface area contributed by atoms with Gasteiger partial charge in [-0.25, -0.2) is 16.8 Å². The molecule has 118 valence electrons. The summed E-state index contributed by atoms with van der Waals surface area (Å²) in [5.74, 6) is -1.84. The molecule has 0 fully saturated rings. The molecule has 9 heteroatoms. The lowest BCUT2D eigenvalue weighted by molar-refractivity contribution is 0.102. The van der Waals surface area contributed by atoms with Gasteiger partial charge < -0.3 is 4.74 Å². The molecule has 0 aromatic heterocycles. The van der Waals surface area contributed by atoms with Gasteiger partial charge >= 0.3 is 0 Å². The van der Waals surface area contributed by atoms with E-state index in [9.17, 15) is 21.6 Å². The van der Waals surface area contributed by atoms with Gasteiger partial charge in [-0.05, 0) is 34.1 Å². The molecule has 0 radical (unpaired) electrons. The Morgan fingerprint density at radius 1 is 1.19 bits per heavy atom. The molecule has 0 aliphatic carbocycles. The third kappa shape index (κ3) is 6.15. The van der Waals surface area contributed by atoms with E-state index in [1.54, 1.807) is 6.07 Å². The first kappa shape index (κ1) is 18.1. The van der Waals surface area contributed by atoms with Crippen LogP contribution in [0.4, 0.5) is 0 Å². The van der Waals surface area contributed by atoms with Crippen LogP contribution in [0.25, 0.3) is 0 Å². The zero-order valence-electron chi connectivity index (χ0n) is 11.5. The predicted octanol–water partition coefficient (Wildman–Crippen LogP) is 1.10. The van der Waals surface area contributed by atoms with Crippen LogP contribution in [0.2, 0.25) is 0 Å². The largest absolute Gasteiger partial charge is 0.496 e. The van der Waals surface area contributed by atoms with E-state index in [0.29, 0.717) is 10.2 Å². The van der Waals surface area contributed by atoms with Gasteiger partial charge in [-0.3, -0.25) is 4.79 Å². The Labute approximate surface area is 132 Å². The average Bonchev–Trinajstić information content (AvgIpc) is 2.35. The Morgan fingerprint density at radius 2 is 1.81 bits per heavy atom.